The summed E-state index contributed by atoms with van der Waals surface area (Å²) in [4.78, 5) is 38.2. The molecule has 2 heterocycles. The van der Waals surface area contributed by atoms with E-state index in [1.165, 1.54) is 6.92 Å². The molecule has 38 heavy (non-hydrogen) atoms. The van der Waals surface area contributed by atoms with E-state index in [1.807, 2.05) is 45.9 Å². The van der Waals surface area contributed by atoms with Crippen LogP contribution in [0.3, 0.4) is 0 Å². The van der Waals surface area contributed by atoms with E-state index >= 15 is 0 Å². The van der Waals surface area contributed by atoms with Gasteiger partial charge in [0.05, 0.1) is 19.1 Å². The maximum absolute atomic E-state index is 12.6. The summed E-state index contributed by atoms with van der Waals surface area (Å²) in [5.74, 6) is -1.39. The largest absolute Gasteiger partial charge is 0.457 e. The number of carbonyl (C=O) groups is 3. The number of hydrogen-bond acceptors (Lipinski definition) is 8. The van der Waals surface area contributed by atoms with Gasteiger partial charge in [0.25, 0.3) is 0 Å². The predicted octanol–water partition coefficient (Wildman–Crippen LogP) is 4.08. The second-order valence-corrected chi connectivity index (χ2v) is 11.0. The van der Waals surface area contributed by atoms with E-state index in [1.54, 1.807) is 24.0 Å². The number of allylic oxidation sites excluding steroid dienone is 2. The van der Waals surface area contributed by atoms with Gasteiger partial charge in [-0.1, -0.05) is 38.2 Å². The summed E-state index contributed by atoms with van der Waals surface area (Å²) in [5.41, 5.74) is -0.647. The van der Waals surface area contributed by atoms with Crippen molar-refractivity contribution in [1.29, 1.82) is 0 Å². The van der Waals surface area contributed by atoms with Crippen LogP contribution >= 0.6 is 0 Å². The van der Waals surface area contributed by atoms with Crippen LogP contribution in [0.4, 0.5) is 4.79 Å². The van der Waals surface area contributed by atoms with Gasteiger partial charge in [-0.2, -0.15) is 0 Å². The first kappa shape index (κ1) is 31.6. The van der Waals surface area contributed by atoms with Crippen LogP contribution in [0.1, 0.15) is 73.6 Å². The number of aliphatic hydroxyl groups is 2. The van der Waals surface area contributed by atoms with Gasteiger partial charge in [0.2, 0.25) is 0 Å². The van der Waals surface area contributed by atoms with Gasteiger partial charge >= 0.3 is 18.0 Å². The van der Waals surface area contributed by atoms with Crippen LogP contribution in [-0.2, 0) is 23.8 Å². The van der Waals surface area contributed by atoms with Gasteiger partial charge in [-0.25, -0.2) is 4.79 Å². The van der Waals surface area contributed by atoms with Crippen LogP contribution in [0, 0.1) is 11.8 Å². The highest BCUT2D eigenvalue weighted by Crippen LogP contribution is 2.27. The van der Waals surface area contributed by atoms with Crippen LogP contribution in [-0.4, -0.2) is 76.3 Å². The van der Waals surface area contributed by atoms with Crippen LogP contribution in [0.2, 0.25) is 0 Å². The number of amides is 1. The molecule has 2 aliphatic heterocycles. The molecule has 2 rings (SSSR count). The fourth-order valence-corrected chi connectivity index (χ4v) is 4.67. The van der Waals surface area contributed by atoms with Crippen molar-refractivity contribution in [2.45, 2.75) is 104 Å². The highest BCUT2D eigenvalue weighted by molar-refractivity contribution is 5.70. The Labute approximate surface area is 226 Å². The molecule has 2 aliphatic rings. The molecule has 1 saturated heterocycles. The van der Waals surface area contributed by atoms with E-state index in [9.17, 15) is 24.6 Å². The molecule has 7 atom stereocenters. The van der Waals surface area contributed by atoms with Crippen molar-refractivity contribution in [3.05, 3.63) is 36.0 Å². The molecule has 9 heteroatoms. The minimum absolute atomic E-state index is 0.0149. The molecule has 2 N–H and O–H groups in total. The number of esters is 2. The lowest BCUT2D eigenvalue weighted by atomic mass is 9.88. The molecule has 0 unspecified atom stereocenters. The second kappa shape index (κ2) is 14.5. The standard InChI is InChI=1S/C29H45NO8/c1-19(18-36-28(34)30-16-8-11-22(30)4)9-7-10-20(2)27-21(3)12-13-25(37-23(5)31)29(6,35)15-14-24(32)17-26(33)38-27/h7,9-10,12-13,19,21-22,24-25,27,32,35H,8,11,14-18H2,1-6H3/b9-7+,13-12+,20-10+/t19-,21+,22+,24+,25+,27-,29+/m1/s1. The molecule has 0 aromatic rings. The van der Waals surface area contributed by atoms with E-state index in [4.69, 9.17) is 14.2 Å². The van der Waals surface area contributed by atoms with Crippen LogP contribution in [0.25, 0.3) is 0 Å². The van der Waals surface area contributed by atoms with Gasteiger partial charge in [-0.15, -0.1) is 0 Å². The Kier molecular flexibility index (Phi) is 12.0. The zero-order chi connectivity index (χ0) is 28.5. The predicted molar refractivity (Wildman–Crippen MR) is 143 cm³/mol. The van der Waals surface area contributed by atoms with Gasteiger partial charge in [0, 0.05) is 31.3 Å². The van der Waals surface area contributed by atoms with E-state index in [-0.39, 0.29) is 49.8 Å². The van der Waals surface area contributed by atoms with Gasteiger partial charge < -0.3 is 29.3 Å². The van der Waals surface area contributed by atoms with Crippen LogP contribution in [0.15, 0.2) is 36.0 Å². The van der Waals surface area contributed by atoms with Gasteiger partial charge in [-0.3, -0.25) is 9.59 Å². The quantitative estimate of drug-likeness (QED) is 0.226. The first-order valence-corrected chi connectivity index (χ1v) is 13.5. The molecular weight excluding hydrogens is 490 g/mol. The van der Waals surface area contributed by atoms with E-state index in [0.29, 0.717) is 0 Å². The van der Waals surface area contributed by atoms with Crippen molar-refractivity contribution in [1.82, 2.24) is 4.90 Å². The second-order valence-electron chi connectivity index (χ2n) is 11.0. The molecule has 1 amide bonds. The van der Waals surface area contributed by atoms with E-state index in [0.717, 1.165) is 25.0 Å². The van der Waals surface area contributed by atoms with E-state index in [2.05, 4.69) is 0 Å². The third-order valence-electron chi connectivity index (χ3n) is 7.12. The lowest BCUT2D eigenvalue weighted by Crippen LogP contribution is -2.42. The lowest BCUT2D eigenvalue weighted by Gasteiger charge is -2.32. The smallest absolute Gasteiger partial charge is 0.410 e. The normalized spacial score (nSPS) is 33.2. The topological polar surface area (TPSA) is 123 Å². The number of likely N-dealkylation sites (tertiary alicyclic amines) is 1. The van der Waals surface area contributed by atoms with Crippen molar-refractivity contribution in [3.8, 4) is 0 Å². The molecule has 0 bridgehead atoms. The molecule has 1 fully saturated rings. The minimum Gasteiger partial charge on any atom is -0.457 e. The van der Waals surface area contributed by atoms with Crippen LogP contribution in [0.5, 0.6) is 0 Å². The fourth-order valence-electron chi connectivity index (χ4n) is 4.67. The Hall–Kier alpha value is -2.65. The monoisotopic (exact) mass is 535 g/mol. The number of ether oxygens (including phenoxy) is 3. The summed E-state index contributed by atoms with van der Waals surface area (Å²) in [7, 11) is 0. The van der Waals surface area contributed by atoms with Crippen molar-refractivity contribution in [2.75, 3.05) is 13.2 Å². The molecule has 214 valence electrons. The maximum atomic E-state index is 12.6. The fraction of sp³-hybridized carbons (Fsp3) is 0.690. The summed E-state index contributed by atoms with van der Waals surface area (Å²) in [5, 5.41) is 21.3. The Balaban J connectivity index is 2.12. The third-order valence-corrected chi connectivity index (χ3v) is 7.12. The van der Waals surface area contributed by atoms with Gasteiger partial charge in [0.15, 0.2) is 0 Å². The Morgan fingerprint density at radius 2 is 1.97 bits per heavy atom. The van der Waals surface area contributed by atoms with Gasteiger partial charge in [0.1, 0.15) is 17.8 Å². The molecule has 9 nitrogen and oxygen atoms in total. The number of cyclic esters (lactones) is 1. The molecule has 0 aromatic heterocycles. The number of nitrogens with zero attached hydrogens (tertiary/aromatic N) is 1. The average Bonchev–Trinajstić information content (AvgIpc) is 3.27. The zero-order valence-electron chi connectivity index (χ0n) is 23.6. The number of hydrogen-bond donors (Lipinski definition) is 2. The number of carbonyl (C=O) groups excluding carboxylic acids is 3. The Bertz CT molecular complexity index is 908. The number of aliphatic hydroxyl groups excluding tert-OH is 1. The average molecular weight is 536 g/mol. The molecule has 0 aliphatic carbocycles. The van der Waals surface area contributed by atoms with Crippen molar-refractivity contribution in [3.63, 3.8) is 0 Å². The third kappa shape index (κ3) is 9.91. The summed E-state index contributed by atoms with van der Waals surface area (Å²) in [6.45, 7) is 11.5. The molecule has 0 saturated carbocycles. The van der Waals surface area contributed by atoms with Crippen molar-refractivity contribution in [2.24, 2.45) is 11.8 Å². The summed E-state index contributed by atoms with van der Waals surface area (Å²) in [6, 6.07) is 0.208. The molecule has 0 radical (unpaired) electrons. The summed E-state index contributed by atoms with van der Waals surface area (Å²) < 4.78 is 16.6. The van der Waals surface area contributed by atoms with E-state index < -0.39 is 35.9 Å². The molecular formula is C29H45NO8. The Morgan fingerprint density at radius 3 is 2.61 bits per heavy atom. The Morgan fingerprint density at radius 1 is 1.26 bits per heavy atom. The minimum atomic E-state index is -1.42. The first-order chi connectivity index (χ1) is 17.8. The zero-order valence-corrected chi connectivity index (χ0v) is 23.6. The van der Waals surface area contributed by atoms with Gasteiger partial charge in [-0.05, 0) is 58.1 Å². The summed E-state index contributed by atoms with van der Waals surface area (Å²) in [6.07, 6.45) is 8.21. The summed E-state index contributed by atoms with van der Waals surface area (Å²) >= 11 is 0. The number of rotatable bonds is 6. The maximum Gasteiger partial charge on any atom is 0.410 e. The lowest BCUT2D eigenvalue weighted by molar-refractivity contribution is -0.157. The highest BCUT2D eigenvalue weighted by Gasteiger charge is 2.35. The van der Waals surface area contributed by atoms with Crippen LogP contribution < -0.4 is 0 Å². The van der Waals surface area contributed by atoms with Crippen molar-refractivity contribution < 1.29 is 38.8 Å². The van der Waals surface area contributed by atoms with Crippen molar-refractivity contribution >= 4 is 18.0 Å². The first-order valence-electron chi connectivity index (χ1n) is 13.5. The SMILES string of the molecule is CC(=O)O[C@H]1/C=C/[C@H](C)[C@@H](/C(C)=C/C=C/[C@@H](C)COC(=O)N2CCC[C@@H]2C)OC(=O)C[C@@H](O)CC[C@]1(C)O. The molecule has 0 aromatic carbocycles. The molecule has 0 spiro atoms. The highest BCUT2D eigenvalue weighted by atomic mass is 16.6.